The van der Waals surface area contributed by atoms with Crippen molar-refractivity contribution in [2.45, 2.75) is 6.04 Å². The molecule has 1 atom stereocenters. The van der Waals surface area contributed by atoms with Crippen molar-refractivity contribution in [3.8, 4) is 17.0 Å². The van der Waals surface area contributed by atoms with E-state index >= 15 is 0 Å². The summed E-state index contributed by atoms with van der Waals surface area (Å²) in [5.74, 6) is 0.571. The van der Waals surface area contributed by atoms with Crippen LogP contribution in [0.1, 0.15) is 27.5 Å². The van der Waals surface area contributed by atoms with Gasteiger partial charge in [0.2, 0.25) is 5.95 Å². The number of hydrogen-bond acceptors (Lipinski definition) is 9. The first-order valence-corrected chi connectivity index (χ1v) is 9.61. The highest BCUT2D eigenvalue weighted by molar-refractivity contribution is 5.89. The number of esters is 1. The Hall–Kier alpha value is -4.54. The third-order valence-corrected chi connectivity index (χ3v) is 5.28. The minimum atomic E-state index is -0.560. The van der Waals surface area contributed by atoms with Gasteiger partial charge in [0.15, 0.2) is 0 Å². The van der Waals surface area contributed by atoms with Gasteiger partial charge < -0.3 is 14.8 Å². The van der Waals surface area contributed by atoms with Crippen molar-refractivity contribution < 1.29 is 14.3 Å². The average molecular weight is 431 g/mol. The van der Waals surface area contributed by atoms with Crippen molar-refractivity contribution in [3.05, 3.63) is 75.6 Å². The highest BCUT2D eigenvalue weighted by Crippen LogP contribution is 2.41. The van der Waals surface area contributed by atoms with Crippen LogP contribution < -0.4 is 15.6 Å². The van der Waals surface area contributed by atoms with Crippen LogP contribution in [0.5, 0.6) is 5.75 Å². The van der Waals surface area contributed by atoms with Crippen molar-refractivity contribution >= 4 is 17.6 Å². The predicted molar refractivity (Wildman–Crippen MR) is 113 cm³/mol. The summed E-state index contributed by atoms with van der Waals surface area (Å²) in [6.07, 6.45) is 0. The number of hydrogen-bond donors (Lipinski definition) is 2. The van der Waals surface area contributed by atoms with Crippen LogP contribution in [-0.2, 0) is 4.74 Å². The lowest BCUT2D eigenvalue weighted by atomic mass is 9.92. The monoisotopic (exact) mass is 431 g/mol. The Kier molecular flexibility index (Phi) is 4.62. The number of aromatic amines is 1. The number of nitrogens with one attached hydrogen (secondary N) is 2. The molecule has 4 aromatic rings. The molecule has 160 valence electrons. The maximum Gasteiger partial charge on any atom is 0.337 e. The fourth-order valence-electron chi connectivity index (χ4n) is 3.73. The molecule has 11 nitrogen and oxygen atoms in total. The number of methoxy groups -OCH3 is 2. The molecule has 0 saturated heterocycles. The number of anilines is 2. The van der Waals surface area contributed by atoms with Crippen molar-refractivity contribution in [2.24, 2.45) is 0 Å². The summed E-state index contributed by atoms with van der Waals surface area (Å²) in [6, 6.07) is 13.6. The Bertz CT molecular complexity index is 1360. The Labute approximate surface area is 181 Å². The minimum Gasteiger partial charge on any atom is -0.497 e. The lowest BCUT2D eigenvalue weighted by Gasteiger charge is -2.27. The number of ether oxygens (including phenoxy) is 2. The van der Waals surface area contributed by atoms with Gasteiger partial charge in [0.05, 0.1) is 25.5 Å². The predicted octanol–water partition coefficient (Wildman–Crippen LogP) is 1.91. The SMILES string of the molecule is COC(=O)c1ccc([C@H]2c3c(-c4ccc(OC)cc4)n[nH]c(=O)c3Nc3nnnn32)cc1. The van der Waals surface area contributed by atoms with Gasteiger partial charge in [-0.15, -0.1) is 0 Å². The lowest BCUT2D eigenvalue weighted by Crippen LogP contribution is -2.29. The summed E-state index contributed by atoms with van der Waals surface area (Å²) >= 11 is 0. The molecule has 0 bridgehead atoms. The molecular weight excluding hydrogens is 414 g/mol. The van der Waals surface area contributed by atoms with Crippen LogP contribution in [-0.4, -0.2) is 50.6 Å². The summed E-state index contributed by atoms with van der Waals surface area (Å²) in [5, 5.41) is 21.7. The van der Waals surface area contributed by atoms with Crippen molar-refractivity contribution in [1.29, 1.82) is 0 Å². The van der Waals surface area contributed by atoms with Gasteiger partial charge in [-0.25, -0.2) is 9.89 Å². The van der Waals surface area contributed by atoms with E-state index in [2.05, 4.69) is 31.0 Å². The normalized spacial score (nSPS) is 14.1. The number of nitrogens with zero attached hydrogens (tertiary/aromatic N) is 5. The molecule has 1 aliphatic heterocycles. The maximum atomic E-state index is 12.7. The molecule has 3 heterocycles. The van der Waals surface area contributed by atoms with E-state index in [1.807, 2.05) is 24.3 Å². The zero-order valence-corrected chi connectivity index (χ0v) is 17.1. The zero-order chi connectivity index (χ0) is 22.2. The van der Waals surface area contributed by atoms with Gasteiger partial charge in [-0.2, -0.15) is 9.78 Å². The van der Waals surface area contributed by atoms with E-state index in [4.69, 9.17) is 9.47 Å². The highest BCUT2D eigenvalue weighted by atomic mass is 16.5. The van der Waals surface area contributed by atoms with E-state index in [0.29, 0.717) is 34.2 Å². The maximum absolute atomic E-state index is 12.7. The number of H-pyrrole nitrogens is 1. The van der Waals surface area contributed by atoms with Crippen LogP contribution in [0.3, 0.4) is 0 Å². The molecule has 0 radical (unpaired) electrons. The number of tetrazole rings is 1. The molecular formula is C21H17N7O4. The first-order valence-electron chi connectivity index (χ1n) is 9.61. The summed E-state index contributed by atoms with van der Waals surface area (Å²) in [5.41, 5.74) is 2.99. The summed E-state index contributed by atoms with van der Waals surface area (Å²) < 4.78 is 11.6. The van der Waals surface area contributed by atoms with E-state index in [9.17, 15) is 9.59 Å². The van der Waals surface area contributed by atoms with Crippen LogP contribution >= 0.6 is 0 Å². The van der Waals surface area contributed by atoms with Crippen molar-refractivity contribution in [3.63, 3.8) is 0 Å². The molecule has 0 aliphatic carbocycles. The second-order valence-electron chi connectivity index (χ2n) is 7.01. The first kappa shape index (κ1) is 19.4. The lowest BCUT2D eigenvalue weighted by molar-refractivity contribution is 0.0600. The number of fused-ring (bicyclic) bond motifs is 2. The van der Waals surface area contributed by atoms with Gasteiger partial charge in [-0.3, -0.25) is 4.79 Å². The van der Waals surface area contributed by atoms with E-state index in [1.54, 1.807) is 36.1 Å². The van der Waals surface area contributed by atoms with Gasteiger partial charge in [0, 0.05) is 11.1 Å². The quantitative estimate of drug-likeness (QED) is 0.409. The third-order valence-electron chi connectivity index (χ3n) is 5.28. The molecule has 1 aliphatic rings. The van der Waals surface area contributed by atoms with Crippen molar-refractivity contribution in [1.82, 2.24) is 30.4 Å². The van der Waals surface area contributed by atoms with Crippen molar-refractivity contribution in [2.75, 3.05) is 19.5 Å². The summed E-state index contributed by atoms with van der Waals surface area (Å²) in [4.78, 5) is 24.6. The molecule has 2 N–H and O–H groups in total. The van der Waals surface area contributed by atoms with Crippen LogP contribution in [0.25, 0.3) is 11.3 Å². The number of benzene rings is 2. The average Bonchev–Trinajstić information content (AvgIpc) is 3.31. The largest absolute Gasteiger partial charge is 0.497 e. The molecule has 0 unspecified atom stereocenters. The Morgan fingerprint density at radius 3 is 2.50 bits per heavy atom. The topological polar surface area (TPSA) is 137 Å². The number of carbonyl (C=O) groups is 1. The van der Waals surface area contributed by atoms with E-state index in [0.717, 1.165) is 11.1 Å². The fourth-order valence-corrected chi connectivity index (χ4v) is 3.73. The molecule has 0 spiro atoms. The molecule has 0 saturated carbocycles. The number of rotatable bonds is 4. The Morgan fingerprint density at radius 2 is 1.81 bits per heavy atom. The van der Waals surface area contributed by atoms with Crippen LogP contribution in [0.15, 0.2) is 53.3 Å². The smallest absolute Gasteiger partial charge is 0.337 e. The molecule has 2 aromatic heterocycles. The van der Waals surface area contributed by atoms with E-state index in [-0.39, 0.29) is 0 Å². The summed E-state index contributed by atoms with van der Waals surface area (Å²) in [6.45, 7) is 0. The number of carbonyl (C=O) groups excluding carboxylic acids is 1. The first-order chi connectivity index (χ1) is 15.6. The molecule has 11 heteroatoms. The summed E-state index contributed by atoms with van der Waals surface area (Å²) in [7, 11) is 2.91. The molecule has 5 rings (SSSR count). The van der Waals surface area contributed by atoms with Crippen LogP contribution in [0.4, 0.5) is 11.6 Å². The van der Waals surface area contributed by atoms with Gasteiger partial charge >= 0.3 is 5.97 Å². The standard InChI is InChI=1S/C21H17N7O4/c1-31-14-9-7-11(8-10-14)16-15-17(19(29)24-23-16)22-21-25-26-27-28(21)18(15)12-3-5-13(6-4-12)20(30)32-2/h3-10,18H,1-2H3,(H,24,29)(H,22,25,27)/t18-/m0/s1. The van der Waals surface area contributed by atoms with Gasteiger partial charge in [-0.05, 0) is 52.4 Å². The Morgan fingerprint density at radius 1 is 1.06 bits per heavy atom. The molecule has 32 heavy (non-hydrogen) atoms. The van der Waals surface area contributed by atoms with Gasteiger partial charge in [0.1, 0.15) is 17.5 Å². The van der Waals surface area contributed by atoms with Crippen LogP contribution in [0, 0.1) is 0 Å². The fraction of sp³-hybridized carbons (Fsp3) is 0.143. The van der Waals surface area contributed by atoms with Gasteiger partial charge in [0.25, 0.3) is 5.56 Å². The molecule has 2 aromatic carbocycles. The minimum absolute atomic E-state index is 0.301. The third kappa shape index (κ3) is 3.07. The highest BCUT2D eigenvalue weighted by Gasteiger charge is 2.34. The van der Waals surface area contributed by atoms with E-state index < -0.39 is 17.6 Å². The molecule has 0 fully saturated rings. The zero-order valence-electron chi connectivity index (χ0n) is 17.1. The second kappa shape index (κ2) is 7.61. The Balaban J connectivity index is 1.72. The van der Waals surface area contributed by atoms with Crippen LogP contribution in [0.2, 0.25) is 0 Å². The van der Waals surface area contributed by atoms with E-state index in [1.165, 1.54) is 7.11 Å². The molecule has 0 amide bonds. The van der Waals surface area contributed by atoms with Gasteiger partial charge in [-0.1, -0.05) is 17.2 Å². The second-order valence-corrected chi connectivity index (χ2v) is 7.01. The number of aromatic nitrogens is 6.